The smallest absolute Gasteiger partial charge is 0.191 e. The molecule has 3 aromatic rings. The third-order valence-corrected chi connectivity index (χ3v) is 6.05. The van der Waals surface area contributed by atoms with Crippen LogP contribution in [-0.2, 0) is 12.3 Å². The molecule has 9 heteroatoms. The maximum atomic E-state index is 13.2. The number of nitrogens with zero attached hydrogens (tertiary/aromatic N) is 3. The van der Waals surface area contributed by atoms with Crippen molar-refractivity contribution >= 4 is 46.6 Å². The van der Waals surface area contributed by atoms with Crippen LogP contribution < -0.4 is 4.74 Å². The van der Waals surface area contributed by atoms with Gasteiger partial charge in [0.25, 0.3) is 0 Å². The molecule has 148 valence electrons. The third kappa shape index (κ3) is 4.92. The minimum atomic E-state index is -0.414. The van der Waals surface area contributed by atoms with Crippen LogP contribution in [0.4, 0.5) is 4.39 Å². The first-order valence-electron chi connectivity index (χ1n) is 8.50. The SMILES string of the molecule is CCn1c(SCc2ccc(Cl)c(Cl)c2)nnc1C(C)Oc1ccc(F)cc1Cl. The molecular formula is C19H17Cl3FN3OS. The molecule has 3 rings (SSSR count). The third-order valence-electron chi connectivity index (χ3n) is 3.97. The molecule has 0 aliphatic rings. The monoisotopic (exact) mass is 459 g/mol. The van der Waals surface area contributed by atoms with E-state index in [4.69, 9.17) is 39.5 Å². The van der Waals surface area contributed by atoms with E-state index in [1.165, 1.54) is 18.2 Å². The molecule has 0 saturated heterocycles. The van der Waals surface area contributed by atoms with Crippen molar-refractivity contribution in [3.05, 3.63) is 68.7 Å². The molecule has 0 aliphatic carbocycles. The zero-order valence-corrected chi connectivity index (χ0v) is 18.2. The second kappa shape index (κ2) is 9.35. The summed E-state index contributed by atoms with van der Waals surface area (Å²) in [5, 5.41) is 10.6. The molecule has 28 heavy (non-hydrogen) atoms. The van der Waals surface area contributed by atoms with Crippen molar-refractivity contribution in [2.24, 2.45) is 0 Å². The molecule has 4 nitrogen and oxygen atoms in total. The number of rotatable bonds is 7. The number of halogens is 4. The zero-order chi connectivity index (χ0) is 20.3. The van der Waals surface area contributed by atoms with Gasteiger partial charge in [0.1, 0.15) is 11.6 Å². The molecule has 0 amide bonds. The zero-order valence-electron chi connectivity index (χ0n) is 15.1. The number of benzene rings is 2. The highest BCUT2D eigenvalue weighted by molar-refractivity contribution is 7.98. The molecule has 0 fully saturated rings. The topological polar surface area (TPSA) is 39.9 Å². The lowest BCUT2D eigenvalue weighted by atomic mass is 10.2. The van der Waals surface area contributed by atoms with Gasteiger partial charge in [0, 0.05) is 12.3 Å². The van der Waals surface area contributed by atoms with Gasteiger partial charge in [-0.05, 0) is 49.7 Å². The van der Waals surface area contributed by atoms with Crippen LogP contribution in [0.2, 0.25) is 15.1 Å². The molecule has 1 aromatic heterocycles. The lowest BCUT2D eigenvalue weighted by molar-refractivity contribution is 0.210. The van der Waals surface area contributed by atoms with Crippen LogP contribution in [0.5, 0.6) is 5.75 Å². The van der Waals surface area contributed by atoms with Gasteiger partial charge in [0.05, 0.1) is 15.1 Å². The van der Waals surface area contributed by atoms with E-state index in [0.29, 0.717) is 33.9 Å². The van der Waals surface area contributed by atoms with Crippen molar-refractivity contribution in [1.29, 1.82) is 0 Å². The molecule has 2 aromatic carbocycles. The van der Waals surface area contributed by atoms with Crippen LogP contribution in [0.3, 0.4) is 0 Å². The normalized spacial score (nSPS) is 12.2. The van der Waals surface area contributed by atoms with Crippen molar-refractivity contribution in [2.45, 2.75) is 37.4 Å². The van der Waals surface area contributed by atoms with Gasteiger partial charge in [-0.1, -0.05) is 52.6 Å². The van der Waals surface area contributed by atoms with Crippen LogP contribution in [0.25, 0.3) is 0 Å². The minimum Gasteiger partial charge on any atom is -0.481 e. The molecule has 0 saturated carbocycles. The first-order chi connectivity index (χ1) is 13.4. The van der Waals surface area contributed by atoms with Crippen LogP contribution in [0.1, 0.15) is 31.3 Å². The quantitative estimate of drug-likeness (QED) is 0.362. The fourth-order valence-corrected chi connectivity index (χ4v) is 4.08. The molecule has 1 atom stereocenters. The number of aromatic nitrogens is 3. The Morgan fingerprint density at radius 3 is 2.54 bits per heavy atom. The minimum absolute atomic E-state index is 0.212. The van der Waals surface area contributed by atoms with Crippen LogP contribution in [-0.4, -0.2) is 14.8 Å². The van der Waals surface area contributed by atoms with Gasteiger partial charge < -0.3 is 9.30 Å². The lowest BCUT2D eigenvalue weighted by Crippen LogP contribution is -2.12. The second-order valence-electron chi connectivity index (χ2n) is 5.96. The Hall–Kier alpha value is -1.47. The maximum absolute atomic E-state index is 13.2. The van der Waals surface area contributed by atoms with E-state index >= 15 is 0 Å². The van der Waals surface area contributed by atoms with Crippen LogP contribution in [0, 0.1) is 5.82 Å². The van der Waals surface area contributed by atoms with E-state index < -0.39 is 11.9 Å². The molecule has 1 unspecified atom stereocenters. The largest absolute Gasteiger partial charge is 0.481 e. The van der Waals surface area contributed by atoms with Gasteiger partial charge in [0.15, 0.2) is 17.1 Å². The van der Waals surface area contributed by atoms with Crippen molar-refractivity contribution < 1.29 is 9.13 Å². The molecule has 0 N–H and O–H groups in total. The van der Waals surface area contributed by atoms with E-state index in [1.807, 2.05) is 30.5 Å². The summed E-state index contributed by atoms with van der Waals surface area (Å²) in [6.45, 7) is 4.54. The molecule has 0 radical (unpaired) electrons. The van der Waals surface area contributed by atoms with Gasteiger partial charge in [-0.15, -0.1) is 10.2 Å². The lowest BCUT2D eigenvalue weighted by Gasteiger charge is -2.16. The summed E-state index contributed by atoms with van der Waals surface area (Å²) in [7, 11) is 0. The maximum Gasteiger partial charge on any atom is 0.191 e. The van der Waals surface area contributed by atoms with Crippen LogP contribution in [0.15, 0.2) is 41.6 Å². The number of ether oxygens (including phenoxy) is 1. The van der Waals surface area contributed by atoms with Gasteiger partial charge in [-0.3, -0.25) is 0 Å². The van der Waals surface area contributed by atoms with Crippen molar-refractivity contribution in [3.8, 4) is 5.75 Å². The first kappa shape index (κ1) is 21.2. The molecule has 0 aliphatic heterocycles. The standard InChI is InChI=1S/C19H17Cl3FN3OS/c1-3-26-18(11(2)27-17-7-5-13(23)9-16(17)22)24-25-19(26)28-10-12-4-6-14(20)15(21)8-12/h4-9,11H,3,10H2,1-2H3. The summed E-state index contributed by atoms with van der Waals surface area (Å²) >= 11 is 19.6. The Morgan fingerprint density at radius 1 is 1.07 bits per heavy atom. The average Bonchev–Trinajstić information content (AvgIpc) is 3.08. The highest BCUT2D eigenvalue weighted by Gasteiger charge is 2.20. The van der Waals surface area contributed by atoms with E-state index in [1.54, 1.807) is 17.8 Å². The van der Waals surface area contributed by atoms with Gasteiger partial charge in [0.2, 0.25) is 0 Å². The predicted molar refractivity (Wildman–Crippen MR) is 112 cm³/mol. The number of hydrogen-bond acceptors (Lipinski definition) is 4. The summed E-state index contributed by atoms with van der Waals surface area (Å²) in [6, 6.07) is 9.56. The Morgan fingerprint density at radius 2 is 1.86 bits per heavy atom. The van der Waals surface area contributed by atoms with Gasteiger partial charge in [-0.25, -0.2) is 4.39 Å². The van der Waals surface area contributed by atoms with Crippen molar-refractivity contribution in [2.75, 3.05) is 0 Å². The highest BCUT2D eigenvalue weighted by atomic mass is 35.5. The molecule has 1 heterocycles. The summed E-state index contributed by atoms with van der Waals surface area (Å²) < 4.78 is 21.1. The average molecular weight is 461 g/mol. The Kier molecular flexibility index (Phi) is 7.10. The van der Waals surface area contributed by atoms with E-state index in [0.717, 1.165) is 10.7 Å². The number of hydrogen-bond donors (Lipinski definition) is 0. The number of thioether (sulfide) groups is 1. The van der Waals surface area contributed by atoms with Gasteiger partial charge >= 0.3 is 0 Å². The van der Waals surface area contributed by atoms with E-state index in [-0.39, 0.29) is 5.02 Å². The fourth-order valence-electron chi connectivity index (χ4n) is 2.60. The van der Waals surface area contributed by atoms with Crippen molar-refractivity contribution in [1.82, 2.24) is 14.8 Å². The van der Waals surface area contributed by atoms with Gasteiger partial charge in [-0.2, -0.15) is 0 Å². The Balaban J connectivity index is 1.74. The summed E-state index contributed by atoms with van der Waals surface area (Å²) in [5.41, 5.74) is 1.04. The predicted octanol–water partition coefficient (Wildman–Crippen LogP) is 6.83. The second-order valence-corrected chi connectivity index (χ2v) is 8.12. The molecule has 0 spiro atoms. The Bertz CT molecular complexity index is 983. The van der Waals surface area contributed by atoms with Crippen LogP contribution >= 0.6 is 46.6 Å². The Labute approximate surface area is 182 Å². The van der Waals surface area contributed by atoms with E-state index in [2.05, 4.69) is 10.2 Å². The summed E-state index contributed by atoms with van der Waals surface area (Å²) in [4.78, 5) is 0. The van der Waals surface area contributed by atoms with Crippen molar-refractivity contribution in [3.63, 3.8) is 0 Å². The summed E-state index contributed by atoms with van der Waals surface area (Å²) in [5.74, 6) is 1.32. The molecular weight excluding hydrogens is 444 g/mol. The summed E-state index contributed by atoms with van der Waals surface area (Å²) in [6.07, 6.45) is -0.408. The fraction of sp³-hybridized carbons (Fsp3) is 0.263. The highest BCUT2D eigenvalue weighted by Crippen LogP contribution is 2.31. The van der Waals surface area contributed by atoms with E-state index in [9.17, 15) is 4.39 Å². The first-order valence-corrected chi connectivity index (χ1v) is 10.6. The molecule has 0 bridgehead atoms.